The van der Waals surface area contributed by atoms with Crippen molar-refractivity contribution < 1.29 is 38.2 Å². The lowest BCUT2D eigenvalue weighted by Crippen LogP contribution is -2.56. The van der Waals surface area contributed by atoms with E-state index in [9.17, 15) is 28.8 Å². The van der Waals surface area contributed by atoms with Crippen molar-refractivity contribution in [1.82, 2.24) is 35.0 Å². The second kappa shape index (κ2) is 18.8. The lowest BCUT2D eigenvalue weighted by Gasteiger charge is -2.48. The third kappa shape index (κ3) is 8.87. The van der Waals surface area contributed by atoms with Crippen molar-refractivity contribution in [3.63, 3.8) is 0 Å². The Labute approximate surface area is 392 Å². The highest BCUT2D eigenvalue weighted by Crippen LogP contribution is 2.42. The molecule has 1 unspecified atom stereocenters. The van der Waals surface area contributed by atoms with Crippen LogP contribution in [0.5, 0.6) is 11.5 Å². The molecule has 1 aliphatic carbocycles. The largest absolute Gasteiger partial charge is 0.495 e. The monoisotopic (exact) mass is 938 g/mol. The number of ether oxygens (including phenoxy) is 3. The summed E-state index contributed by atoms with van der Waals surface area (Å²) >= 11 is 6.61. The maximum Gasteiger partial charge on any atom is 0.293 e. The molecule has 0 spiro atoms. The number of hydrogen-bond donors (Lipinski definition) is 3. The molecule has 5 amide bonds. The van der Waals surface area contributed by atoms with E-state index in [0.717, 1.165) is 73.4 Å². The van der Waals surface area contributed by atoms with E-state index < -0.39 is 29.7 Å². The standard InChI is InChI=1S/C47H55ClN10O9/c1-25(2)57-34-7-6-28(18-27(34)19-37(45(57)63)66-24-39(60)49-4)51-42-33(48)23-50-47(53-42)56-12-10-30(11-13-56)67-31-20-29(21-31)54-14-16-55(17-15-54)41-26(3)40-32(22-36(41)65-5)44(62)58(46(40)64)35-8-9-38(59)52-43(35)61/h6-7,18-19,22-23,25,29-31,35H,8-17,20-21,24H2,1-5H3,(H,49,60)(H,50,51,53)(H,52,59,61)/t29-,31-,35?. The van der Waals surface area contributed by atoms with Gasteiger partial charge in [-0.05, 0) is 88.8 Å². The highest BCUT2D eigenvalue weighted by Gasteiger charge is 2.47. The summed E-state index contributed by atoms with van der Waals surface area (Å²) < 4.78 is 19.7. The van der Waals surface area contributed by atoms with Crippen LogP contribution in [0.4, 0.5) is 23.1 Å². The summed E-state index contributed by atoms with van der Waals surface area (Å²) in [6.07, 6.45) is 5.65. The van der Waals surface area contributed by atoms with Gasteiger partial charge in [-0.15, -0.1) is 0 Å². The van der Waals surface area contributed by atoms with Crippen LogP contribution in [0.2, 0.25) is 5.02 Å². The Hall–Kier alpha value is -6.31. The van der Waals surface area contributed by atoms with Crippen molar-refractivity contribution in [2.45, 2.75) is 89.6 Å². The molecule has 19 nitrogen and oxygen atoms in total. The number of piperidine rings is 2. The molecule has 20 heteroatoms. The zero-order valence-electron chi connectivity index (χ0n) is 38.2. The van der Waals surface area contributed by atoms with Crippen molar-refractivity contribution >= 4 is 75.2 Å². The Bertz CT molecular complexity index is 2710. The number of likely N-dealkylation sites (N-methyl/N-ethyl adjacent to an activating group) is 1. The van der Waals surface area contributed by atoms with Crippen LogP contribution < -0.4 is 40.8 Å². The molecular weight excluding hydrogens is 884 g/mol. The second-order valence-corrected chi connectivity index (χ2v) is 18.4. The molecule has 0 radical (unpaired) electrons. The average molecular weight is 939 g/mol. The van der Waals surface area contributed by atoms with Crippen LogP contribution in [-0.2, 0) is 19.1 Å². The van der Waals surface area contributed by atoms with Gasteiger partial charge in [-0.2, -0.15) is 4.98 Å². The highest BCUT2D eigenvalue weighted by atomic mass is 35.5. The number of carbonyl (C=O) groups is 5. The number of pyridine rings is 1. The van der Waals surface area contributed by atoms with Gasteiger partial charge in [-0.25, -0.2) is 4.98 Å². The van der Waals surface area contributed by atoms with Crippen LogP contribution in [0.15, 0.2) is 41.3 Å². The summed E-state index contributed by atoms with van der Waals surface area (Å²) in [5.74, 6) is -0.869. The Balaban J connectivity index is 0.766. The number of aromatic nitrogens is 3. The fourth-order valence-corrected chi connectivity index (χ4v) is 10.1. The molecule has 5 aliphatic rings. The maximum absolute atomic E-state index is 13.7. The molecule has 1 atom stereocenters. The SMILES string of the molecule is CNC(=O)COc1cc2cc(Nc3nc(N4CCC(O[C@H]5C[C@H](N6CCN(c7c(OC)cc8c(c7C)C(=O)N(C7CCC(=O)NC7=O)C8=O)CC6)C5)CC4)ncc3Cl)ccc2n(C(C)C)c1=O. The minimum Gasteiger partial charge on any atom is -0.495 e. The molecule has 3 saturated heterocycles. The number of methoxy groups -OCH3 is 1. The molecule has 4 aromatic rings. The molecule has 0 bridgehead atoms. The molecule has 4 aliphatic heterocycles. The molecule has 67 heavy (non-hydrogen) atoms. The molecular formula is C47H55ClN10O9. The highest BCUT2D eigenvalue weighted by molar-refractivity contribution is 6.33. The van der Waals surface area contributed by atoms with E-state index in [1.165, 1.54) is 7.05 Å². The van der Waals surface area contributed by atoms with Gasteiger partial charge in [0.2, 0.25) is 17.8 Å². The summed E-state index contributed by atoms with van der Waals surface area (Å²) in [4.78, 5) is 94.0. The zero-order valence-corrected chi connectivity index (χ0v) is 39.0. The number of fused-ring (bicyclic) bond motifs is 2. The lowest BCUT2D eigenvalue weighted by molar-refractivity contribution is -0.136. The summed E-state index contributed by atoms with van der Waals surface area (Å²) in [6, 6.07) is 8.09. The fourth-order valence-electron chi connectivity index (χ4n) is 10.0. The summed E-state index contributed by atoms with van der Waals surface area (Å²) in [7, 11) is 3.06. The number of anilines is 4. The van der Waals surface area contributed by atoms with E-state index in [1.807, 2.05) is 39.0 Å². The quantitative estimate of drug-likeness (QED) is 0.162. The fraction of sp³-hybridized carbons (Fsp3) is 0.489. The van der Waals surface area contributed by atoms with Gasteiger partial charge in [0.05, 0.1) is 47.8 Å². The number of imide groups is 2. The van der Waals surface area contributed by atoms with Crippen LogP contribution in [0.25, 0.3) is 10.9 Å². The van der Waals surface area contributed by atoms with Crippen molar-refractivity contribution in [2.24, 2.45) is 0 Å². The molecule has 2 aromatic carbocycles. The number of halogens is 1. The first kappa shape index (κ1) is 45.8. The van der Waals surface area contributed by atoms with Crippen LogP contribution in [0.1, 0.15) is 84.7 Å². The average Bonchev–Trinajstić information content (AvgIpc) is 3.55. The Morgan fingerprint density at radius 3 is 2.36 bits per heavy atom. The third-order valence-corrected chi connectivity index (χ3v) is 13.9. The van der Waals surface area contributed by atoms with E-state index in [0.29, 0.717) is 52.9 Å². The first-order chi connectivity index (χ1) is 32.2. The first-order valence-corrected chi connectivity index (χ1v) is 23.3. The van der Waals surface area contributed by atoms with E-state index in [-0.39, 0.29) is 66.0 Å². The van der Waals surface area contributed by atoms with Crippen molar-refractivity contribution in [2.75, 3.05) is 75.1 Å². The van der Waals surface area contributed by atoms with Gasteiger partial charge in [0.15, 0.2) is 18.2 Å². The van der Waals surface area contributed by atoms with Gasteiger partial charge < -0.3 is 39.2 Å². The summed E-state index contributed by atoms with van der Waals surface area (Å²) in [5, 5.41) is 9.18. The molecule has 9 rings (SSSR count). The Morgan fingerprint density at radius 1 is 0.925 bits per heavy atom. The number of carbonyl (C=O) groups excluding carboxylic acids is 5. The van der Waals surface area contributed by atoms with Crippen molar-refractivity contribution in [3.8, 4) is 11.5 Å². The van der Waals surface area contributed by atoms with Crippen LogP contribution in [-0.4, -0.2) is 138 Å². The summed E-state index contributed by atoms with van der Waals surface area (Å²) in [5.41, 5.74) is 3.02. The predicted octanol–water partition coefficient (Wildman–Crippen LogP) is 3.95. The molecule has 2 aromatic heterocycles. The Kier molecular flexibility index (Phi) is 12.8. The van der Waals surface area contributed by atoms with Gasteiger partial charge >= 0.3 is 0 Å². The molecule has 3 N–H and O–H groups in total. The van der Waals surface area contributed by atoms with Crippen LogP contribution in [0.3, 0.4) is 0 Å². The molecule has 1 saturated carbocycles. The topological polar surface area (TPSA) is 210 Å². The van der Waals surface area contributed by atoms with Gasteiger partial charge in [0, 0.05) is 75.9 Å². The molecule has 354 valence electrons. The van der Waals surface area contributed by atoms with Crippen LogP contribution >= 0.6 is 11.6 Å². The first-order valence-electron chi connectivity index (χ1n) is 22.9. The minimum absolute atomic E-state index is 0.0582. The molecule has 6 heterocycles. The number of hydrogen-bond acceptors (Lipinski definition) is 15. The minimum atomic E-state index is -1.03. The van der Waals surface area contributed by atoms with Gasteiger partial charge in [0.1, 0.15) is 16.8 Å². The number of amides is 5. The Morgan fingerprint density at radius 2 is 1.67 bits per heavy atom. The smallest absolute Gasteiger partial charge is 0.293 e. The van der Waals surface area contributed by atoms with Gasteiger partial charge in [-0.3, -0.25) is 43.9 Å². The van der Waals surface area contributed by atoms with Crippen molar-refractivity contribution in [3.05, 3.63) is 68.6 Å². The van der Waals surface area contributed by atoms with Crippen LogP contribution in [0, 0.1) is 6.92 Å². The van der Waals surface area contributed by atoms with Crippen molar-refractivity contribution in [1.29, 1.82) is 0 Å². The van der Waals surface area contributed by atoms with E-state index in [2.05, 4.69) is 35.6 Å². The number of rotatable bonds is 13. The second-order valence-electron chi connectivity index (χ2n) is 18.0. The van der Waals surface area contributed by atoms with E-state index in [1.54, 1.807) is 30.0 Å². The van der Waals surface area contributed by atoms with E-state index >= 15 is 0 Å². The number of piperazine rings is 1. The zero-order chi connectivity index (χ0) is 47.3. The third-order valence-electron chi connectivity index (χ3n) is 13.6. The summed E-state index contributed by atoms with van der Waals surface area (Å²) in [6.45, 7) is 9.90. The number of benzene rings is 2. The maximum atomic E-state index is 13.7. The predicted molar refractivity (Wildman–Crippen MR) is 250 cm³/mol. The lowest BCUT2D eigenvalue weighted by atomic mass is 9.87. The van der Waals surface area contributed by atoms with E-state index in [4.69, 9.17) is 30.8 Å². The molecule has 4 fully saturated rings. The van der Waals surface area contributed by atoms with Gasteiger partial charge in [0.25, 0.3) is 23.3 Å². The number of nitrogens with one attached hydrogen (secondary N) is 3. The number of nitrogens with zero attached hydrogens (tertiary/aromatic N) is 7. The van der Waals surface area contributed by atoms with Gasteiger partial charge in [-0.1, -0.05) is 11.6 Å². The normalized spacial score (nSPS) is 21.4.